The molecular formula is C42H38O4. The van der Waals surface area contributed by atoms with Crippen molar-refractivity contribution >= 4 is 0 Å². The van der Waals surface area contributed by atoms with Gasteiger partial charge < -0.3 is 20.4 Å². The minimum atomic E-state index is -0.242. The number of phenolic OH excluding ortho intramolecular Hbond substituents is 4. The van der Waals surface area contributed by atoms with Crippen molar-refractivity contribution in [1.29, 1.82) is 0 Å². The molecule has 4 heteroatoms. The quantitative estimate of drug-likeness (QED) is 0.124. The first-order valence-corrected chi connectivity index (χ1v) is 15.6. The summed E-state index contributed by atoms with van der Waals surface area (Å²) >= 11 is 0. The summed E-state index contributed by atoms with van der Waals surface area (Å²) in [4.78, 5) is 0. The van der Waals surface area contributed by atoms with Gasteiger partial charge in [0, 0.05) is 23.0 Å². The summed E-state index contributed by atoms with van der Waals surface area (Å²) < 4.78 is 0. The Hall–Kier alpha value is -5.48. The molecule has 0 aliphatic carbocycles. The summed E-state index contributed by atoms with van der Waals surface area (Å²) in [6, 6.07) is 44.4. The fourth-order valence-corrected chi connectivity index (χ4v) is 6.28. The van der Waals surface area contributed by atoms with Crippen molar-refractivity contribution in [3.05, 3.63) is 190 Å². The zero-order chi connectivity index (χ0) is 32.2. The molecule has 0 heterocycles. The van der Waals surface area contributed by atoms with Gasteiger partial charge in [-0.3, -0.25) is 0 Å². The molecule has 0 aliphatic heterocycles. The van der Waals surface area contributed by atoms with Crippen molar-refractivity contribution in [1.82, 2.24) is 0 Å². The molecule has 2 unspecified atom stereocenters. The van der Waals surface area contributed by atoms with Gasteiger partial charge in [-0.25, -0.2) is 0 Å². The summed E-state index contributed by atoms with van der Waals surface area (Å²) in [7, 11) is 0. The second kappa shape index (κ2) is 13.3. The highest BCUT2D eigenvalue weighted by molar-refractivity contribution is 5.54. The number of rotatable bonds is 9. The summed E-state index contributed by atoms with van der Waals surface area (Å²) in [5.74, 6) is 0.729. The highest BCUT2D eigenvalue weighted by Crippen LogP contribution is 2.40. The van der Waals surface area contributed by atoms with Crippen LogP contribution in [0.3, 0.4) is 0 Å². The fourth-order valence-electron chi connectivity index (χ4n) is 6.28. The summed E-state index contributed by atoms with van der Waals surface area (Å²) in [6.45, 7) is 4.34. The number of phenols is 4. The molecular weight excluding hydrogens is 568 g/mol. The van der Waals surface area contributed by atoms with Crippen LogP contribution in [0.4, 0.5) is 0 Å². The number of hydrogen-bond acceptors (Lipinski definition) is 4. The van der Waals surface area contributed by atoms with Gasteiger partial charge in [-0.2, -0.15) is 0 Å². The first-order valence-electron chi connectivity index (χ1n) is 15.6. The van der Waals surface area contributed by atoms with E-state index in [-0.39, 0.29) is 34.8 Å². The molecule has 0 aromatic heterocycles. The number of aromatic hydroxyl groups is 4. The van der Waals surface area contributed by atoms with Gasteiger partial charge in [0.1, 0.15) is 23.0 Å². The Kier molecular flexibility index (Phi) is 8.80. The van der Waals surface area contributed by atoms with Crippen LogP contribution in [-0.2, 0) is 6.42 Å². The van der Waals surface area contributed by atoms with Crippen LogP contribution in [-0.4, -0.2) is 20.4 Å². The normalized spacial score (nSPS) is 12.6. The van der Waals surface area contributed by atoms with Crippen LogP contribution < -0.4 is 0 Å². The first kappa shape index (κ1) is 30.5. The SMILES string of the molecule is CC(C)c1ccc(C(c2ccc(O)cc2)c2cc(Cc3ccc(O)c(C(c4ccccc4)c4ccc(O)cc4)c3)ccc2O)cc1. The first-order chi connectivity index (χ1) is 22.3. The lowest BCUT2D eigenvalue weighted by molar-refractivity contribution is 0.466. The maximum absolute atomic E-state index is 11.2. The lowest BCUT2D eigenvalue weighted by Crippen LogP contribution is -2.06. The molecule has 0 amide bonds. The minimum Gasteiger partial charge on any atom is -0.508 e. The zero-order valence-corrected chi connectivity index (χ0v) is 26.0. The fraction of sp³-hybridized carbons (Fsp3) is 0.143. The molecule has 6 aromatic rings. The molecule has 230 valence electrons. The predicted octanol–water partition coefficient (Wildman–Crippen LogP) is 9.58. The molecule has 6 rings (SSSR count). The van der Waals surface area contributed by atoms with Gasteiger partial charge in [-0.05, 0) is 87.7 Å². The lowest BCUT2D eigenvalue weighted by atomic mass is 9.82. The zero-order valence-electron chi connectivity index (χ0n) is 26.0. The molecule has 0 bridgehead atoms. The Bertz CT molecular complexity index is 1910. The second-order valence-electron chi connectivity index (χ2n) is 12.2. The number of hydrogen-bond donors (Lipinski definition) is 4. The van der Waals surface area contributed by atoms with Crippen LogP contribution in [0.1, 0.15) is 81.7 Å². The van der Waals surface area contributed by atoms with Crippen LogP contribution in [0.15, 0.2) is 140 Å². The molecule has 6 aromatic carbocycles. The molecule has 4 nitrogen and oxygen atoms in total. The minimum absolute atomic E-state index is 0.193. The average Bonchev–Trinajstić information content (AvgIpc) is 3.07. The largest absolute Gasteiger partial charge is 0.508 e. The van der Waals surface area contributed by atoms with E-state index in [1.165, 1.54) is 5.56 Å². The van der Waals surface area contributed by atoms with Crippen LogP contribution in [0, 0.1) is 0 Å². The van der Waals surface area contributed by atoms with Crippen molar-refractivity contribution in [3.63, 3.8) is 0 Å². The van der Waals surface area contributed by atoms with Gasteiger partial charge >= 0.3 is 0 Å². The third-order valence-electron chi connectivity index (χ3n) is 8.74. The molecule has 2 atom stereocenters. The number of benzene rings is 6. The molecule has 0 saturated carbocycles. The van der Waals surface area contributed by atoms with Gasteiger partial charge in [0.25, 0.3) is 0 Å². The topological polar surface area (TPSA) is 80.9 Å². The van der Waals surface area contributed by atoms with E-state index in [1.54, 1.807) is 36.4 Å². The molecule has 4 N–H and O–H groups in total. The van der Waals surface area contributed by atoms with Crippen LogP contribution in [0.2, 0.25) is 0 Å². The Morgan fingerprint density at radius 2 is 0.783 bits per heavy atom. The van der Waals surface area contributed by atoms with Crippen LogP contribution >= 0.6 is 0 Å². The van der Waals surface area contributed by atoms with Crippen LogP contribution in [0.25, 0.3) is 0 Å². The Labute approximate surface area is 270 Å². The van der Waals surface area contributed by atoms with Gasteiger partial charge in [-0.15, -0.1) is 0 Å². The Morgan fingerprint density at radius 3 is 1.20 bits per heavy atom. The average molecular weight is 607 g/mol. The standard InChI is InChI=1S/C42H38O4/c1-27(2)30-10-12-32(13-11-30)42(34-16-20-36(44)21-17-34)38-26-29(9-23-40(38)46)24-28-8-22-39(45)37(25-28)41(31-6-4-3-5-7-31)33-14-18-35(43)19-15-33/h3-23,25-27,41-46H,24H2,1-2H3. The van der Waals surface area contributed by atoms with Crippen LogP contribution in [0.5, 0.6) is 23.0 Å². The summed E-state index contributed by atoms with van der Waals surface area (Å²) in [5, 5.41) is 42.3. The van der Waals surface area contributed by atoms with E-state index in [4.69, 9.17) is 0 Å². The molecule has 0 spiro atoms. The smallest absolute Gasteiger partial charge is 0.119 e. The van der Waals surface area contributed by atoms with E-state index in [2.05, 4.69) is 50.2 Å². The van der Waals surface area contributed by atoms with Gasteiger partial charge in [-0.1, -0.05) is 117 Å². The second-order valence-corrected chi connectivity index (χ2v) is 12.2. The van der Waals surface area contributed by atoms with Crippen molar-refractivity contribution in [3.8, 4) is 23.0 Å². The predicted molar refractivity (Wildman–Crippen MR) is 184 cm³/mol. The highest BCUT2D eigenvalue weighted by atomic mass is 16.3. The van der Waals surface area contributed by atoms with E-state index >= 15 is 0 Å². The summed E-state index contributed by atoms with van der Waals surface area (Å²) in [5.41, 5.74) is 8.86. The van der Waals surface area contributed by atoms with Crippen molar-refractivity contribution in [2.75, 3.05) is 0 Å². The van der Waals surface area contributed by atoms with Crippen molar-refractivity contribution in [2.24, 2.45) is 0 Å². The van der Waals surface area contributed by atoms with Gasteiger partial charge in [0.2, 0.25) is 0 Å². The molecule has 0 radical (unpaired) electrons. The third-order valence-corrected chi connectivity index (χ3v) is 8.74. The maximum atomic E-state index is 11.2. The molecule has 0 fully saturated rings. The lowest BCUT2D eigenvalue weighted by Gasteiger charge is -2.22. The Balaban J connectivity index is 1.39. The van der Waals surface area contributed by atoms with Crippen molar-refractivity contribution < 1.29 is 20.4 Å². The van der Waals surface area contributed by atoms with E-state index < -0.39 is 0 Å². The third kappa shape index (κ3) is 6.62. The molecule has 46 heavy (non-hydrogen) atoms. The summed E-state index contributed by atoms with van der Waals surface area (Å²) in [6.07, 6.45) is 0.590. The van der Waals surface area contributed by atoms with Crippen molar-refractivity contribution in [2.45, 2.75) is 38.0 Å². The van der Waals surface area contributed by atoms with E-state index in [0.717, 1.165) is 44.5 Å². The van der Waals surface area contributed by atoms with Gasteiger partial charge in [0.05, 0.1) is 0 Å². The molecule has 0 saturated heterocycles. The van der Waals surface area contributed by atoms with E-state index in [0.29, 0.717) is 12.3 Å². The highest BCUT2D eigenvalue weighted by Gasteiger charge is 2.23. The van der Waals surface area contributed by atoms with E-state index in [1.807, 2.05) is 66.7 Å². The maximum Gasteiger partial charge on any atom is 0.119 e. The molecule has 0 aliphatic rings. The Morgan fingerprint density at radius 1 is 0.413 bits per heavy atom. The monoisotopic (exact) mass is 606 g/mol. The van der Waals surface area contributed by atoms with E-state index in [9.17, 15) is 20.4 Å². The van der Waals surface area contributed by atoms with Gasteiger partial charge in [0.15, 0.2) is 0 Å².